The van der Waals surface area contributed by atoms with Crippen molar-refractivity contribution in [2.45, 2.75) is 31.5 Å². The molecule has 0 aliphatic heterocycles. The maximum Gasteiger partial charge on any atom is 0.433 e. The van der Waals surface area contributed by atoms with Crippen molar-refractivity contribution in [2.75, 3.05) is 7.05 Å². The lowest BCUT2D eigenvalue weighted by Gasteiger charge is -2.15. The number of pyridine rings is 1. The second-order valence-corrected chi connectivity index (χ2v) is 7.49. The average molecular weight is 414 g/mol. The van der Waals surface area contributed by atoms with Gasteiger partial charge < -0.3 is 9.30 Å². The summed E-state index contributed by atoms with van der Waals surface area (Å²) in [6, 6.07) is 6.61. The van der Waals surface area contributed by atoms with Crippen molar-refractivity contribution in [3.63, 3.8) is 0 Å². The number of aromatic nitrogens is 5. The molecule has 4 heterocycles. The van der Waals surface area contributed by atoms with Gasteiger partial charge in [0.2, 0.25) is 0 Å². The van der Waals surface area contributed by atoms with Crippen LogP contribution in [0.3, 0.4) is 0 Å². The van der Waals surface area contributed by atoms with Crippen molar-refractivity contribution < 1.29 is 18.0 Å². The van der Waals surface area contributed by atoms with Gasteiger partial charge in [0.25, 0.3) is 5.91 Å². The maximum atomic E-state index is 13.5. The Bertz CT molecular complexity index is 1240. The van der Waals surface area contributed by atoms with Crippen molar-refractivity contribution in [2.24, 2.45) is 0 Å². The topological polar surface area (TPSA) is 67.8 Å². The van der Waals surface area contributed by atoms with Crippen molar-refractivity contribution in [3.05, 3.63) is 65.5 Å². The van der Waals surface area contributed by atoms with Crippen LogP contribution in [0.25, 0.3) is 11.3 Å². The standard InChI is InChI=1S/C20H17F3N6O/c1-27(10-13-11-28-7-3-2-4-17(28)25-13)19(30)14-9-24-29-16(20(21,22)23)8-15(12-5-6-12)26-18(14)29/h2-4,7-9,11-12H,5-6,10H2,1H3. The lowest BCUT2D eigenvalue weighted by molar-refractivity contribution is -0.142. The van der Waals surface area contributed by atoms with Crippen LogP contribution < -0.4 is 0 Å². The first-order valence-electron chi connectivity index (χ1n) is 9.45. The molecule has 0 aromatic carbocycles. The van der Waals surface area contributed by atoms with Gasteiger partial charge in [-0.2, -0.15) is 18.3 Å². The van der Waals surface area contributed by atoms with Gasteiger partial charge in [0, 0.05) is 31.1 Å². The third kappa shape index (κ3) is 3.17. The number of halogens is 3. The zero-order chi connectivity index (χ0) is 21.0. The first kappa shape index (κ1) is 18.6. The van der Waals surface area contributed by atoms with Gasteiger partial charge >= 0.3 is 6.18 Å². The molecule has 30 heavy (non-hydrogen) atoms. The number of nitrogens with zero attached hydrogens (tertiary/aromatic N) is 6. The normalized spacial score (nSPS) is 14.5. The Morgan fingerprint density at radius 1 is 1.27 bits per heavy atom. The van der Waals surface area contributed by atoms with Gasteiger partial charge in [-0.25, -0.2) is 14.5 Å². The molecule has 0 saturated heterocycles. The average Bonchev–Trinajstić information content (AvgIpc) is 3.34. The summed E-state index contributed by atoms with van der Waals surface area (Å²) in [5, 5.41) is 3.82. The minimum Gasteiger partial charge on any atom is -0.336 e. The number of hydrogen-bond donors (Lipinski definition) is 0. The summed E-state index contributed by atoms with van der Waals surface area (Å²) < 4.78 is 43.2. The van der Waals surface area contributed by atoms with Crippen LogP contribution in [0.1, 0.15) is 46.2 Å². The van der Waals surface area contributed by atoms with E-state index in [2.05, 4.69) is 15.1 Å². The van der Waals surface area contributed by atoms with E-state index in [1.54, 1.807) is 13.2 Å². The Labute approximate surface area is 168 Å². The van der Waals surface area contributed by atoms with Crippen LogP contribution in [0.5, 0.6) is 0 Å². The molecule has 0 unspecified atom stereocenters. The number of rotatable bonds is 4. The first-order valence-corrected chi connectivity index (χ1v) is 9.45. The van der Waals surface area contributed by atoms with E-state index in [9.17, 15) is 18.0 Å². The van der Waals surface area contributed by atoms with E-state index in [1.165, 1.54) is 4.90 Å². The number of hydrogen-bond acceptors (Lipinski definition) is 4. The molecule has 0 bridgehead atoms. The van der Waals surface area contributed by atoms with Gasteiger partial charge in [-0.05, 0) is 31.0 Å². The Kier molecular flexibility index (Phi) is 4.05. The molecular weight excluding hydrogens is 397 g/mol. The highest BCUT2D eigenvalue weighted by Gasteiger charge is 2.38. The molecule has 7 nitrogen and oxygen atoms in total. The smallest absolute Gasteiger partial charge is 0.336 e. The molecule has 1 saturated carbocycles. The molecule has 1 fully saturated rings. The van der Waals surface area contributed by atoms with E-state index in [4.69, 9.17) is 0 Å². The Balaban J connectivity index is 1.50. The summed E-state index contributed by atoms with van der Waals surface area (Å²) in [7, 11) is 1.57. The predicted octanol–water partition coefficient (Wildman–Crippen LogP) is 3.55. The van der Waals surface area contributed by atoms with E-state index < -0.39 is 17.8 Å². The third-order valence-corrected chi connectivity index (χ3v) is 5.17. The number of imidazole rings is 1. The fourth-order valence-corrected chi connectivity index (χ4v) is 3.51. The van der Waals surface area contributed by atoms with Gasteiger partial charge in [-0.1, -0.05) is 6.07 Å². The van der Waals surface area contributed by atoms with Gasteiger partial charge in [0.1, 0.15) is 16.9 Å². The highest BCUT2D eigenvalue weighted by atomic mass is 19.4. The minimum absolute atomic E-state index is 0.00431. The fourth-order valence-electron chi connectivity index (χ4n) is 3.51. The highest BCUT2D eigenvalue weighted by Crippen LogP contribution is 2.41. The summed E-state index contributed by atoms with van der Waals surface area (Å²) in [4.78, 5) is 23.2. The largest absolute Gasteiger partial charge is 0.433 e. The van der Waals surface area contributed by atoms with E-state index in [-0.39, 0.29) is 23.7 Å². The summed E-state index contributed by atoms with van der Waals surface area (Å²) in [5.74, 6) is -0.458. The minimum atomic E-state index is -4.60. The quantitative estimate of drug-likeness (QED) is 0.512. The van der Waals surface area contributed by atoms with Crippen LogP contribution in [-0.4, -0.2) is 41.8 Å². The molecule has 1 aliphatic carbocycles. The second kappa shape index (κ2) is 6.54. The summed E-state index contributed by atoms with van der Waals surface area (Å²) >= 11 is 0. The van der Waals surface area contributed by atoms with Gasteiger partial charge in [-0.15, -0.1) is 0 Å². The highest BCUT2D eigenvalue weighted by molar-refractivity contribution is 5.99. The molecule has 10 heteroatoms. The van der Waals surface area contributed by atoms with E-state index in [1.807, 2.05) is 28.8 Å². The summed E-state index contributed by atoms with van der Waals surface area (Å²) in [6.45, 7) is 0.201. The molecule has 0 spiro atoms. The predicted molar refractivity (Wildman–Crippen MR) is 101 cm³/mol. The summed E-state index contributed by atoms with van der Waals surface area (Å²) in [5.41, 5.74) is 0.808. The van der Waals surface area contributed by atoms with Crippen LogP contribution in [-0.2, 0) is 12.7 Å². The van der Waals surface area contributed by atoms with Gasteiger partial charge in [0.05, 0.1) is 18.4 Å². The first-order chi connectivity index (χ1) is 14.3. The molecule has 0 radical (unpaired) electrons. The van der Waals surface area contributed by atoms with Crippen LogP contribution >= 0.6 is 0 Å². The molecular formula is C20H17F3N6O. The SMILES string of the molecule is CN(Cc1cn2ccccc2n1)C(=O)c1cnn2c(C(F)(F)F)cc(C3CC3)nc12. The second-order valence-electron chi connectivity index (χ2n) is 7.49. The van der Waals surface area contributed by atoms with Crippen molar-refractivity contribution >= 4 is 17.2 Å². The number of alkyl halides is 3. The monoisotopic (exact) mass is 414 g/mol. The molecule has 1 aliphatic rings. The fraction of sp³-hybridized carbons (Fsp3) is 0.300. The van der Waals surface area contributed by atoms with Crippen molar-refractivity contribution in [1.29, 1.82) is 0 Å². The van der Waals surface area contributed by atoms with Crippen LogP contribution in [0.15, 0.2) is 42.9 Å². The molecule has 5 rings (SSSR count). The Hall–Kier alpha value is -3.43. The van der Waals surface area contributed by atoms with Crippen LogP contribution in [0.2, 0.25) is 0 Å². The number of carbonyl (C=O) groups excluding carboxylic acids is 1. The Morgan fingerprint density at radius 3 is 2.77 bits per heavy atom. The van der Waals surface area contributed by atoms with E-state index in [0.717, 1.165) is 30.8 Å². The van der Waals surface area contributed by atoms with Gasteiger partial charge in [-0.3, -0.25) is 4.79 Å². The maximum absolute atomic E-state index is 13.5. The summed E-state index contributed by atoms with van der Waals surface area (Å²) in [6.07, 6.45) is 1.80. The van der Waals surface area contributed by atoms with Crippen molar-refractivity contribution in [3.8, 4) is 0 Å². The molecule has 154 valence electrons. The number of carbonyl (C=O) groups is 1. The van der Waals surface area contributed by atoms with E-state index in [0.29, 0.717) is 15.9 Å². The van der Waals surface area contributed by atoms with Crippen LogP contribution in [0.4, 0.5) is 13.2 Å². The molecule has 4 aromatic heterocycles. The molecule has 4 aromatic rings. The van der Waals surface area contributed by atoms with Gasteiger partial charge in [0.15, 0.2) is 5.65 Å². The number of fused-ring (bicyclic) bond motifs is 2. The molecule has 0 atom stereocenters. The molecule has 0 N–H and O–H groups in total. The zero-order valence-corrected chi connectivity index (χ0v) is 16.0. The Morgan fingerprint density at radius 2 is 2.07 bits per heavy atom. The number of amides is 1. The zero-order valence-electron chi connectivity index (χ0n) is 16.0. The molecule has 1 amide bonds. The third-order valence-electron chi connectivity index (χ3n) is 5.17. The lowest BCUT2D eigenvalue weighted by Crippen LogP contribution is -2.26. The van der Waals surface area contributed by atoms with E-state index >= 15 is 0 Å². The van der Waals surface area contributed by atoms with Crippen LogP contribution in [0, 0.1) is 0 Å². The lowest BCUT2D eigenvalue weighted by atomic mass is 10.2. The van der Waals surface area contributed by atoms with Crippen molar-refractivity contribution in [1.82, 2.24) is 28.9 Å².